The first-order valence-electron chi connectivity index (χ1n) is 7.23. The van der Waals surface area contributed by atoms with Crippen LogP contribution in [0.3, 0.4) is 0 Å². The molecule has 0 unspecified atom stereocenters. The molecule has 1 fully saturated rings. The van der Waals surface area contributed by atoms with Gasteiger partial charge in [0.05, 0.1) is 0 Å². The number of carboxylic acids is 1. The maximum absolute atomic E-state index is 12.5. The van der Waals surface area contributed by atoms with E-state index < -0.39 is 5.97 Å². The van der Waals surface area contributed by atoms with Crippen LogP contribution in [0.2, 0.25) is 0 Å². The average Bonchev–Trinajstić information content (AvgIpc) is 2.93. The molecule has 1 aromatic rings. The minimum atomic E-state index is -0.811. The second kappa shape index (κ2) is 6.59. The van der Waals surface area contributed by atoms with E-state index in [1.54, 1.807) is 11.0 Å². The number of aliphatic carboxylic acids is 1. The Morgan fingerprint density at radius 1 is 1.40 bits per heavy atom. The van der Waals surface area contributed by atoms with Gasteiger partial charge in [-0.1, -0.05) is 6.92 Å². The predicted octanol–water partition coefficient (Wildman–Crippen LogP) is 2.70. The topological polar surface area (TPSA) is 70.8 Å². The molecule has 20 heavy (non-hydrogen) atoms. The SMILES string of the molecule is CCc1ccc(C(=O)N2CCCC[C@@H]2CCC(=O)O)o1. The summed E-state index contributed by atoms with van der Waals surface area (Å²) < 4.78 is 5.51. The molecule has 110 valence electrons. The summed E-state index contributed by atoms with van der Waals surface area (Å²) in [6.07, 6.45) is 4.27. The van der Waals surface area contributed by atoms with Gasteiger partial charge in [-0.05, 0) is 37.8 Å². The number of carbonyl (C=O) groups is 2. The molecule has 0 aliphatic carbocycles. The normalized spacial score (nSPS) is 19.1. The van der Waals surface area contributed by atoms with Gasteiger partial charge < -0.3 is 14.4 Å². The lowest BCUT2D eigenvalue weighted by molar-refractivity contribution is -0.137. The predicted molar refractivity (Wildman–Crippen MR) is 73.6 cm³/mol. The van der Waals surface area contributed by atoms with Gasteiger partial charge in [0, 0.05) is 25.4 Å². The summed E-state index contributed by atoms with van der Waals surface area (Å²) in [4.78, 5) is 25.0. The molecule has 0 radical (unpaired) electrons. The number of hydrogen-bond acceptors (Lipinski definition) is 3. The highest BCUT2D eigenvalue weighted by Gasteiger charge is 2.29. The van der Waals surface area contributed by atoms with Crippen LogP contribution in [0, 0.1) is 0 Å². The second-order valence-electron chi connectivity index (χ2n) is 5.20. The molecule has 5 heteroatoms. The summed E-state index contributed by atoms with van der Waals surface area (Å²) in [5.74, 6) is 0.241. The number of aryl methyl sites for hydroxylation is 1. The van der Waals surface area contributed by atoms with Crippen molar-refractivity contribution in [3.8, 4) is 0 Å². The first kappa shape index (κ1) is 14.6. The molecule has 1 aliphatic heterocycles. The van der Waals surface area contributed by atoms with Crippen molar-refractivity contribution in [1.82, 2.24) is 4.90 Å². The molecule has 2 rings (SSSR count). The quantitative estimate of drug-likeness (QED) is 0.899. The lowest BCUT2D eigenvalue weighted by Crippen LogP contribution is -2.43. The Morgan fingerprint density at radius 2 is 2.20 bits per heavy atom. The summed E-state index contributed by atoms with van der Waals surface area (Å²) in [7, 11) is 0. The number of amides is 1. The van der Waals surface area contributed by atoms with Crippen LogP contribution in [0.1, 0.15) is 55.3 Å². The first-order chi connectivity index (χ1) is 9.61. The van der Waals surface area contributed by atoms with Gasteiger partial charge in [0.1, 0.15) is 5.76 Å². The fourth-order valence-electron chi connectivity index (χ4n) is 2.68. The zero-order chi connectivity index (χ0) is 14.5. The van der Waals surface area contributed by atoms with E-state index in [9.17, 15) is 9.59 Å². The fraction of sp³-hybridized carbons (Fsp3) is 0.600. The third-order valence-corrected chi connectivity index (χ3v) is 3.80. The average molecular weight is 279 g/mol. The number of furan rings is 1. The Hall–Kier alpha value is -1.78. The Morgan fingerprint density at radius 3 is 2.85 bits per heavy atom. The van der Waals surface area contributed by atoms with Crippen LogP contribution in [0.15, 0.2) is 16.5 Å². The smallest absolute Gasteiger partial charge is 0.303 e. The number of carboxylic acid groups (broad SMARTS) is 1. The summed E-state index contributed by atoms with van der Waals surface area (Å²) in [5.41, 5.74) is 0. The largest absolute Gasteiger partial charge is 0.481 e. The number of nitrogens with zero attached hydrogens (tertiary/aromatic N) is 1. The third-order valence-electron chi connectivity index (χ3n) is 3.80. The molecule has 0 spiro atoms. The highest BCUT2D eigenvalue weighted by atomic mass is 16.4. The lowest BCUT2D eigenvalue weighted by Gasteiger charge is -2.35. The van der Waals surface area contributed by atoms with E-state index in [0.717, 1.165) is 31.4 Å². The van der Waals surface area contributed by atoms with Crippen LogP contribution in [0.4, 0.5) is 0 Å². The van der Waals surface area contributed by atoms with Gasteiger partial charge in [-0.15, -0.1) is 0 Å². The van der Waals surface area contributed by atoms with Crippen molar-refractivity contribution >= 4 is 11.9 Å². The van der Waals surface area contributed by atoms with Crippen molar-refractivity contribution in [2.24, 2.45) is 0 Å². The zero-order valence-electron chi connectivity index (χ0n) is 11.8. The second-order valence-corrected chi connectivity index (χ2v) is 5.20. The standard InChI is InChI=1S/C15H21NO4/c1-2-12-7-8-13(20-12)15(19)16-10-4-3-5-11(16)6-9-14(17)18/h7-8,11H,2-6,9-10H2,1H3,(H,17,18)/t11-/m1/s1. The maximum atomic E-state index is 12.5. The number of hydrogen-bond donors (Lipinski definition) is 1. The lowest BCUT2D eigenvalue weighted by atomic mass is 9.97. The Balaban J connectivity index is 2.06. The number of likely N-dealkylation sites (tertiary alicyclic amines) is 1. The summed E-state index contributed by atoms with van der Waals surface area (Å²) in [6.45, 7) is 2.66. The molecule has 0 saturated carbocycles. The summed E-state index contributed by atoms with van der Waals surface area (Å²) >= 11 is 0. The van der Waals surface area contributed by atoms with E-state index in [4.69, 9.17) is 9.52 Å². The highest BCUT2D eigenvalue weighted by Crippen LogP contribution is 2.23. The molecule has 1 N–H and O–H groups in total. The van der Waals surface area contributed by atoms with Crippen molar-refractivity contribution in [1.29, 1.82) is 0 Å². The molecule has 1 aromatic heterocycles. The van der Waals surface area contributed by atoms with E-state index in [0.29, 0.717) is 18.7 Å². The van der Waals surface area contributed by atoms with E-state index in [1.807, 2.05) is 13.0 Å². The van der Waals surface area contributed by atoms with E-state index in [1.165, 1.54) is 0 Å². The molecule has 0 bridgehead atoms. The molecule has 2 heterocycles. The maximum Gasteiger partial charge on any atom is 0.303 e. The molecular weight excluding hydrogens is 258 g/mol. The summed E-state index contributed by atoms with van der Waals surface area (Å²) in [5, 5.41) is 8.80. The van der Waals surface area contributed by atoms with Crippen LogP contribution < -0.4 is 0 Å². The van der Waals surface area contributed by atoms with Crippen LogP contribution >= 0.6 is 0 Å². The van der Waals surface area contributed by atoms with Gasteiger partial charge in [0.2, 0.25) is 0 Å². The van der Waals surface area contributed by atoms with E-state index >= 15 is 0 Å². The molecule has 1 saturated heterocycles. The minimum absolute atomic E-state index is 0.0162. The first-order valence-corrected chi connectivity index (χ1v) is 7.23. The Kier molecular flexibility index (Phi) is 4.82. The van der Waals surface area contributed by atoms with E-state index in [2.05, 4.69) is 0 Å². The number of carbonyl (C=O) groups excluding carboxylic acids is 1. The van der Waals surface area contributed by atoms with Crippen molar-refractivity contribution in [2.45, 2.75) is 51.5 Å². The van der Waals surface area contributed by atoms with Crippen LogP contribution in [-0.2, 0) is 11.2 Å². The highest BCUT2D eigenvalue weighted by molar-refractivity contribution is 5.91. The van der Waals surface area contributed by atoms with Gasteiger partial charge in [0.15, 0.2) is 5.76 Å². The Bertz CT molecular complexity index is 480. The molecule has 1 aliphatic rings. The van der Waals surface area contributed by atoms with Gasteiger partial charge >= 0.3 is 5.97 Å². The van der Waals surface area contributed by atoms with Crippen molar-refractivity contribution in [3.05, 3.63) is 23.7 Å². The number of piperidine rings is 1. The third kappa shape index (κ3) is 3.40. The zero-order valence-corrected chi connectivity index (χ0v) is 11.8. The Labute approximate surface area is 118 Å². The van der Waals surface area contributed by atoms with Crippen LogP contribution in [-0.4, -0.2) is 34.5 Å². The molecule has 1 atom stereocenters. The molecule has 0 aromatic carbocycles. The van der Waals surface area contributed by atoms with Gasteiger partial charge in [-0.2, -0.15) is 0 Å². The van der Waals surface area contributed by atoms with Crippen molar-refractivity contribution in [3.63, 3.8) is 0 Å². The van der Waals surface area contributed by atoms with E-state index in [-0.39, 0.29) is 18.4 Å². The van der Waals surface area contributed by atoms with Crippen molar-refractivity contribution in [2.75, 3.05) is 6.54 Å². The van der Waals surface area contributed by atoms with Gasteiger partial charge in [-0.3, -0.25) is 9.59 Å². The van der Waals surface area contributed by atoms with Crippen LogP contribution in [0.5, 0.6) is 0 Å². The van der Waals surface area contributed by atoms with Gasteiger partial charge in [0.25, 0.3) is 5.91 Å². The summed E-state index contributed by atoms with van der Waals surface area (Å²) in [6, 6.07) is 3.55. The van der Waals surface area contributed by atoms with Crippen molar-refractivity contribution < 1.29 is 19.1 Å². The van der Waals surface area contributed by atoms with Gasteiger partial charge in [-0.25, -0.2) is 0 Å². The molecular formula is C15H21NO4. The minimum Gasteiger partial charge on any atom is -0.481 e. The molecule has 1 amide bonds. The monoisotopic (exact) mass is 279 g/mol. The number of rotatable bonds is 5. The van der Waals surface area contributed by atoms with Crippen LogP contribution in [0.25, 0.3) is 0 Å². The fourth-order valence-corrected chi connectivity index (χ4v) is 2.68. The molecule has 5 nitrogen and oxygen atoms in total.